The van der Waals surface area contributed by atoms with Crippen LogP contribution in [0.2, 0.25) is 0 Å². The van der Waals surface area contributed by atoms with Crippen molar-refractivity contribution in [1.29, 1.82) is 21.0 Å². The first-order chi connectivity index (χ1) is 28.4. The summed E-state index contributed by atoms with van der Waals surface area (Å²) in [6.45, 7) is 23.0. The van der Waals surface area contributed by atoms with Crippen LogP contribution in [0.4, 0.5) is 0 Å². The number of ether oxygens (including phenoxy) is 2. The van der Waals surface area contributed by atoms with Crippen LogP contribution in [-0.4, -0.2) is 38.8 Å². The molecule has 0 aromatic heterocycles. The zero-order valence-corrected chi connectivity index (χ0v) is 49.7. The van der Waals surface area contributed by atoms with Crippen LogP contribution >= 0.6 is 15.8 Å². The van der Waals surface area contributed by atoms with Crippen molar-refractivity contribution in [3.8, 4) is 0 Å². The van der Waals surface area contributed by atoms with E-state index in [0.717, 1.165) is 26.4 Å². The van der Waals surface area contributed by atoms with Gasteiger partial charge in [0.2, 0.25) is 0 Å². The summed E-state index contributed by atoms with van der Waals surface area (Å²) >= 11 is 0. The minimum absolute atomic E-state index is 0. The summed E-state index contributed by atoms with van der Waals surface area (Å²) in [5, 5.41) is 30.9. The Bertz CT molecular complexity index is 1490. The Morgan fingerprint density at radius 3 is 0.730 bits per heavy atom. The van der Waals surface area contributed by atoms with Crippen LogP contribution in [0.3, 0.4) is 0 Å². The van der Waals surface area contributed by atoms with Gasteiger partial charge in [-0.05, 0) is 81.5 Å². The van der Waals surface area contributed by atoms with Crippen molar-refractivity contribution in [3.05, 3.63) is 208 Å². The zero-order valence-electron chi connectivity index (χ0n) is 35.5. The van der Waals surface area contributed by atoms with E-state index in [1.165, 1.54) is 65.6 Å². The molecule has 0 amide bonds. The second-order valence-electron chi connectivity index (χ2n) is 11.6. The molecule has 0 radical (unpaired) electrons. The van der Waals surface area contributed by atoms with E-state index in [1.807, 2.05) is 60.7 Å². The molecule has 0 saturated carbocycles. The molecule has 324 valence electrons. The Morgan fingerprint density at radius 1 is 0.381 bits per heavy atom. The minimum Gasteiger partial charge on any atom is -1.00 e. The van der Waals surface area contributed by atoms with E-state index in [0.29, 0.717) is 0 Å². The van der Waals surface area contributed by atoms with Crippen molar-refractivity contribution in [2.24, 2.45) is 0 Å². The van der Waals surface area contributed by atoms with Gasteiger partial charge in [0.05, 0.1) is 0 Å². The van der Waals surface area contributed by atoms with Crippen LogP contribution in [0, 0.1) is 47.3 Å². The van der Waals surface area contributed by atoms with E-state index in [9.17, 15) is 0 Å². The van der Waals surface area contributed by atoms with E-state index in [4.69, 9.17) is 56.8 Å². The molecule has 2 fully saturated rings. The second kappa shape index (κ2) is 60.1. The summed E-state index contributed by atoms with van der Waals surface area (Å²) in [7, 11) is -0.618. The Hall–Kier alpha value is -1.93. The fourth-order valence-electron chi connectivity index (χ4n) is 5.30. The smallest absolute Gasteiger partial charge is 1.00 e. The van der Waals surface area contributed by atoms with Gasteiger partial charge >= 0.3 is 73.1 Å². The summed E-state index contributed by atoms with van der Waals surface area (Å²) in [5.74, 6) is 0. The summed E-state index contributed by atoms with van der Waals surface area (Å²) in [4.78, 5) is 0. The monoisotopic (exact) mass is 1280 g/mol. The molecule has 6 aromatic carbocycles. The Morgan fingerprint density at radius 2 is 0.587 bits per heavy atom. The Balaban J connectivity index is -0.000000151. The van der Waals surface area contributed by atoms with Gasteiger partial charge in [0.1, 0.15) is 0 Å². The van der Waals surface area contributed by atoms with Gasteiger partial charge in [0, 0.05) is 26.4 Å². The van der Waals surface area contributed by atoms with Crippen LogP contribution in [0.15, 0.2) is 182 Å². The SMILES string of the molecule is C1CCOC1.C1CCOC1.[C-]#N.[C-]#N.[C-]#N.[C-]#N.[Fe+2].[Fe+2].[I-].[I-].[Zn+2].[Zn+2].c1cc[cH-]c1.c1cc[cH-]c1.c1ccc(P(CCCP(c2ccccc2)c2ccccc2)c2ccccc2)cc1. The number of hydrogen-bond donors (Lipinski definition) is 0. The third-order valence-corrected chi connectivity index (χ3v) is 13.0. The van der Waals surface area contributed by atoms with Gasteiger partial charge in [-0.25, -0.2) is 24.3 Å². The second-order valence-corrected chi connectivity index (χ2v) is 16.2. The standard InChI is InChI=1S/C27H26P2.2C5H5.2C4H8O.4CN.2Fe.2HI.2Zn/c1-5-14-24(15-6-1)28(25-16-7-2-8-17-25)22-13-23-29(26-18-9-3-10-19-26)27-20-11-4-12-21-27;4*1-2-4-5-3-1;4*1-2;;;;;;/h1-12,14-21H,13,22-23H2;2*1-5H;2*1-4H2;;;;;;;2*1H;;/q;2*-1;;;4*-1;2*+2;;;2*+2/p-2. The van der Waals surface area contributed by atoms with Gasteiger partial charge in [-0.3, -0.25) is 0 Å². The fraction of sp³-hybridized carbons (Fsp3) is 0.224. The van der Waals surface area contributed by atoms with E-state index in [-0.39, 0.29) is 137 Å². The van der Waals surface area contributed by atoms with Gasteiger partial charge in [0.15, 0.2) is 0 Å². The number of hydrogen-bond acceptors (Lipinski definition) is 6. The predicted octanol–water partition coefficient (Wildman–Crippen LogP) is 4.43. The van der Waals surface area contributed by atoms with Crippen LogP contribution in [0.5, 0.6) is 0 Å². The largest absolute Gasteiger partial charge is 2.00 e. The van der Waals surface area contributed by atoms with Crippen LogP contribution in [0.25, 0.3) is 0 Å². The molecule has 0 N–H and O–H groups in total. The molecule has 0 unspecified atom stereocenters. The van der Waals surface area contributed by atoms with Gasteiger partial charge in [-0.15, -0.1) is 0 Å². The normalized spacial score (nSPS) is 10.3. The van der Waals surface area contributed by atoms with E-state index >= 15 is 0 Å². The molecule has 2 aliphatic heterocycles. The van der Waals surface area contributed by atoms with Crippen molar-refractivity contribution in [3.63, 3.8) is 0 Å². The van der Waals surface area contributed by atoms with Crippen molar-refractivity contribution >= 4 is 37.1 Å². The van der Waals surface area contributed by atoms with Crippen LogP contribution in [-0.2, 0) is 82.6 Å². The van der Waals surface area contributed by atoms with Crippen LogP contribution < -0.4 is 69.2 Å². The molecule has 0 aliphatic carbocycles. The van der Waals surface area contributed by atoms with Crippen molar-refractivity contribution in [2.75, 3.05) is 38.8 Å². The maximum atomic E-state index is 6.25. The van der Waals surface area contributed by atoms with Gasteiger partial charge in [-0.2, -0.15) is 36.4 Å². The minimum atomic E-state index is -0.309. The van der Waals surface area contributed by atoms with E-state index < -0.39 is 0 Å². The van der Waals surface area contributed by atoms with Crippen molar-refractivity contribution < 1.29 is 131 Å². The molecule has 6 aromatic rings. The molecule has 63 heavy (non-hydrogen) atoms. The predicted molar refractivity (Wildman–Crippen MR) is 237 cm³/mol. The number of rotatable bonds is 8. The molecule has 0 spiro atoms. The first-order valence-electron chi connectivity index (χ1n) is 18.6. The average molecular weight is 1290 g/mol. The Labute approximate surface area is 462 Å². The van der Waals surface area contributed by atoms with Gasteiger partial charge < -0.3 is 105 Å². The molecular weight excluding hydrogens is 1230 g/mol. The quantitative estimate of drug-likeness (QED) is 0.0966. The third kappa shape index (κ3) is 39.0. The summed E-state index contributed by atoms with van der Waals surface area (Å²) in [6, 6.07) is 64.3. The maximum Gasteiger partial charge on any atom is 2.00 e. The topological polar surface area (TPSA) is 114 Å². The van der Waals surface area contributed by atoms with Crippen molar-refractivity contribution in [2.45, 2.75) is 32.1 Å². The molecule has 2 heterocycles. The summed E-state index contributed by atoms with van der Waals surface area (Å²) in [6.07, 6.45) is 8.83. The summed E-state index contributed by atoms with van der Waals surface area (Å²) < 4.78 is 9.89. The number of nitrogens with zero attached hydrogens (tertiary/aromatic N) is 4. The molecule has 0 bridgehead atoms. The first-order valence-corrected chi connectivity index (χ1v) is 21.6. The molecule has 14 heteroatoms. The number of benzene rings is 4. The first kappa shape index (κ1) is 75.4. The fourth-order valence-corrected chi connectivity index (χ4v) is 10.3. The van der Waals surface area contributed by atoms with E-state index in [2.05, 4.69) is 121 Å². The zero-order chi connectivity index (χ0) is 41.9. The van der Waals surface area contributed by atoms with E-state index in [1.54, 1.807) is 0 Å². The maximum absolute atomic E-state index is 6.25. The molecule has 0 atom stereocenters. The van der Waals surface area contributed by atoms with Crippen molar-refractivity contribution in [1.82, 2.24) is 0 Å². The molecular formula is C49H52Fe2I2N4O2P2Zn2. The molecule has 6 nitrogen and oxygen atoms in total. The molecule has 8 rings (SSSR count). The number of halogens is 2. The third-order valence-electron chi connectivity index (χ3n) is 7.80. The van der Waals surface area contributed by atoms with Gasteiger partial charge in [-0.1, -0.05) is 121 Å². The summed E-state index contributed by atoms with van der Waals surface area (Å²) in [5.41, 5.74) is 0. The van der Waals surface area contributed by atoms with Gasteiger partial charge in [0.25, 0.3) is 0 Å². The molecule has 2 aliphatic rings. The molecule has 2 saturated heterocycles. The average Bonchev–Trinajstić information content (AvgIpc) is 4.18. The Kier molecular flexibility index (Phi) is 71.9. The van der Waals surface area contributed by atoms with Crippen LogP contribution in [0.1, 0.15) is 32.1 Å².